The van der Waals surface area contributed by atoms with E-state index in [2.05, 4.69) is 11.1 Å². The normalized spacial score (nSPS) is 14.1. The minimum Gasteiger partial charge on any atom is -0.477 e. The number of carbonyl (C=O) groups is 1. The van der Waals surface area contributed by atoms with Crippen molar-refractivity contribution in [2.24, 2.45) is 0 Å². The zero-order valence-corrected chi connectivity index (χ0v) is 9.12. The van der Waals surface area contributed by atoms with Crippen molar-refractivity contribution in [2.75, 3.05) is 6.61 Å². The average molecular weight is 216 g/mol. The molecule has 0 aliphatic heterocycles. The summed E-state index contributed by atoms with van der Waals surface area (Å²) in [5.41, 5.74) is 1.82. The Kier molecular flexibility index (Phi) is 2.86. The minimum absolute atomic E-state index is 0.0771. The monoisotopic (exact) mass is 216 g/mol. The maximum Gasteiger partial charge on any atom is 0.231 e. The van der Waals surface area contributed by atoms with Gasteiger partial charge in [-0.25, -0.2) is 4.98 Å². The fourth-order valence-electron chi connectivity index (χ4n) is 1.95. The van der Waals surface area contributed by atoms with Crippen molar-refractivity contribution >= 4 is 5.78 Å². The van der Waals surface area contributed by atoms with Gasteiger partial charge in [0.1, 0.15) is 11.6 Å². The van der Waals surface area contributed by atoms with E-state index in [1.807, 2.05) is 6.92 Å². The molecule has 0 fully saturated rings. The van der Waals surface area contributed by atoms with Crippen LogP contribution in [0.3, 0.4) is 0 Å². The molecule has 16 heavy (non-hydrogen) atoms. The minimum atomic E-state index is 0.0771. The molecule has 0 unspecified atom stereocenters. The Morgan fingerprint density at radius 1 is 1.56 bits per heavy atom. The van der Waals surface area contributed by atoms with Crippen LogP contribution in [0.2, 0.25) is 0 Å². The zero-order valence-electron chi connectivity index (χ0n) is 9.12. The summed E-state index contributed by atoms with van der Waals surface area (Å²) in [6.07, 6.45) is 3.64. The predicted molar refractivity (Wildman–Crippen MR) is 57.4 cm³/mol. The van der Waals surface area contributed by atoms with Crippen LogP contribution in [0, 0.1) is 11.3 Å². The standard InChI is InChI=1S/C12H12N2O2/c1-2-16-12-9(6-13)8-4-3-5-11(15)10(8)7-14-12/h7H,2-5H2,1H3. The molecule has 0 atom stereocenters. The smallest absolute Gasteiger partial charge is 0.231 e. The van der Waals surface area contributed by atoms with E-state index < -0.39 is 0 Å². The number of ketones is 1. The Morgan fingerprint density at radius 2 is 2.38 bits per heavy atom. The summed E-state index contributed by atoms with van der Waals surface area (Å²) in [5, 5.41) is 9.11. The van der Waals surface area contributed by atoms with Gasteiger partial charge < -0.3 is 4.74 Å². The maximum atomic E-state index is 11.6. The van der Waals surface area contributed by atoms with Gasteiger partial charge in [0.2, 0.25) is 5.88 Å². The van der Waals surface area contributed by atoms with E-state index in [1.165, 1.54) is 6.20 Å². The van der Waals surface area contributed by atoms with Gasteiger partial charge >= 0.3 is 0 Å². The number of nitriles is 1. The third-order valence-corrected chi connectivity index (χ3v) is 2.68. The molecule has 2 rings (SSSR count). The molecule has 1 aromatic heterocycles. The number of Topliss-reactive ketones (excluding diaryl/α,β-unsaturated/α-hetero) is 1. The summed E-state index contributed by atoms with van der Waals surface area (Å²) in [6, 6.07) is 2.09. The van der Waals surface area contributed by atoms with E-state index in [-0.39, 0.29) is 5.78 Å². The Hall–Kier alpha value is -1.89. The van der Waals surface area contributed by atoms with Crippen LogP contribution in [0.1, 0.15) is 41.3 Å². The number of pyridine rings is 1. The molecule has 4 nitrogen and oxygen atoms in total. The number of carbonyl (C=O) groups excluding carboxylic acids is 1. The molecule has 4 heteroatoms. The lowest BCUT2D eigenvalue weighted by Gasteiger charge is -2.16. The van der Waals surface area contributed by atoms with Gasteiger partial charge in [-0.05, 0) is 25.3 Å². The molecule has 0 amide bonds. The Labute approximate surface area is 93.9 Å². The Morgan fingerprint density at radius 3 is 3.06 bits per heavy atom. The summed E-state index contributed by atoms with van der Waals surface area (Å²) in [5.74, 6) is 0.423. The van der Waals surface area contributed by atoms with Crippen molar-refractivity contribution in [2.45, 2.75) is 26.2 Å². The highest BCUT2D eigenvalue weighted by atomic mass is 16.5. The highest BCUT2D eigenvalue weighted by Gasteiger charge is 2.23. The topological polar surface area (TPSA) is 63.0 Å². The number of fused-ring (bicyclic) bond motifs is 1. The van der Waals surface area contributed by atoms with Gasteiger partial charge in [-0.1, -0.05) is 0 Å². The Bertz CT molecular complexity index is 475. The van der Waals surface area contributed by atoms with Gasteiger partial charge in [0.05, 0.1) is 6.61 Å². The van der Waals surface area contributed by atoms with E-state index in [0.29, 0.717) is 30.0 Å². The first kappa shape index (κ1) is 10.6. The second-order valence-corrected chi connectivity index (χ2v) is 3.65. The fraction of sp³-hybridized carbons (Fsp3) is 0.417. The fourth-order valence-corrected chi connectivity index (χ4v) is 1.95. The summed E-state index contributed by atoms with van der Waals surface area (Å²) >= 11 is 0. The molecule has 82 valence electrons. The number of aromatic nitrogens is 1. The third-order valence-electron chi connectivity index (χ3n) is 2.68. The van der Waals surface area contributed by atoms with Crippen LogP contribution >= 0.6 is 0 Å². The van der Waals surface area contributed by atoms with Crippen molar-refractivity contribution in [1.29, 1.82) is 5.26 Å². The first-order chi connectivity index (χ1) is 7.77. The lowest BCUT2D eigenvalue weighted by atomic mass is 9.89. The van der Waals surface area contributed by atoms with Crippen LogP contribution in [0.5, 0.6) is 5.88 Å². The largest absolute Gasteiger partial charge is 0.477 e. The van der Waals surface area contributed by atoms with Crippen LogP contribution in [0.15, 0.2) is 6.20 Å². The lowest BCUT2D eigenvalue weighted by Crippen LogP contribution is -2.14. The van der Waals surface area contributed by atoms with Crippen LogP contribution in [0.4, 0.5) is 0 Å². The van der Waals surface area contributed by atoms with E-state index in [0.717, 1.165) is 18.4 Å². The molecule has 0 spiro atoms. The quantitative estimate of drug-likeness (QED) is 0.757. The van der Waals surface area contributed by atoms with Gasteiger partial charge in [-0.2, -0.15) is 5.26 Å². The molecule has 0 N–H and O–H groups in total. The van der Waals surface area contributed by atoms with E-state index >= 15 is 0 Å². The molecule has 1 aliphatic carbocycles. The molecule has 0 radical (unpaired) electrons. The summed E-state index contributed by atoms with van der Waals surface area (Å²) < 4.78 is 5.28. The molecular formula is C12H12N2O2. The molecule has 1 aromatic rings. The summed E-state index contributed by atoms with van der Waals surface area (Å²) in [7, 11) is 0. The number of nitrogens with zero attached hydrogens (tertiary/aromatic N) is 2. The van der Waals surface area contributed by atoms with Gasteiger partial charge in [0, 0.05) is 18.2 Å². The zero-order chi connectivity index (χ0) is 11.5. The number of hydrogen-bond acceptors (Lipinski definition) is 4. The average Bonchev–Trinajstić information content (AvgIpc) is 2.29. The van der Waals surface area contributed by atoms with Gasteiger partial charge in [-0.15, -0.1) is 0 Å². The van der Waals surface area contributed by atoms with Crippen LogP contribution < -0.4 is 4.74 Å². The van der Waals surface area contributed by atoms with Crippen LogP contribution in [0.25, 0.3) is 0 Å². The van der Waals surface area contributed by atoms with E-state index in [1.54, 1.807) is 0 Å². The molecule has 1 aliphatic rings. The molecule has 1 heterocycles. The molecule has 0 bridgehead atoms. The van der Waals surface area contributed by atoms with Gasteiger partial charge in [-0.3, -0.25) is 4.79 Å². The lowest BCUT2D eigenvalue weighted by molar-refractivity contribution is 0.0972. The highest BCUT2D eigenvalue weighted by Crippen LogP contribution is 2.28. The van der Waals surface area contributed by atoms with Crippen molar-refractivity contribution in [1.82, 2.24) is 4.98 Å². The Balaban J connectivity index is 2.56. The summed E-state index contributed by atoms with van der Waals surface area (Å²) in [6.45, 7) is 2.31. The second-order valence-electron chi connectivity index (χ2n) is 3.65. The van der Waals surface area contributed by atoms with Gasteiger partial charge in [0.25, 0.3) is 0 Å². The van der Waals surface area contributed by atoms with Crippen molar-refractivity contribution in [3.63, 3.8) is 0 Å². The third kappa shape index (κ3) is 1.65. The number of hydrogen-bond donors (Lipinski definition) is 0. The molecule has 0 saturated carbocycles. The van der Waals surface area contributed by atoms with E-state index in [9.17, 15) is 4.79 Å². The van der Waals surface area contributed by atoms with Crippen LogP contribution in [-0.4, -0.2) is 17.4 Å². The summed E-state index contributed by atoms with van der Waals surface area (Å²) in [4.78, 5) is 15.7. The first-order valence-electron chi connectivity index (χ1n) is 5.36. The van der Waals surface area contributed by atoms with Crippen molar-refractivity contribution < 1.29 is 9.53 Å². The van der Waals surface area contributed by atoms with Crippen molar-refractivity contribution in [3.8, 4) is 11.9 Å². The number of rotatable bonds is 2. The first-order valence-corrected chi connectivity index (χ1v) is 5.36. The van der Waals surface area contributed by atoms with Crippen molar-refractivity contribution in [3.05, 3.63) is 22.9 Å². The second kappa shape index (κ2) is 4.31. The predicted octanol–water partition coefficient (Wildman–Crippen LogP) is 1.87. The molecule has 0 aromatic carbocycles. The number of ether oxygens (including phenoxy) is 1. The highest BCUT2D eigenvalue weighted by molar-refractivity contribution is 5.98. The van der Waals surface area contributed by atoms with Crippen LogP contribution in [-0.2, 0) is 6.42 Å². The molecular weight excluding hydrogens is 204 g/mol. The maximum absolute atomic E-state index is 11.6. The van der Waals surface area contributed by atoms with E-state index in [4.69, 9.17) is 10.00 Å². The van der Waals surface area contributed by atoms with Gasteiger partial charge in [0.15, 0.2) is 5.78 Å². The molecule has 0 saturated heterocycles. The SMILES string of the molecule is CCOc1ncc2c(c1C#N)CCCC2=O.